The van der Waals surface area contributed by atoms with E-state index in [1.54, 1.807) is 10.8 Å². The predicted molar refractivity (Wildman–Crippen MR) is 139 cm³/mol. The van der Waals surface area contributed by atoms with Crippen molar-refractivity contribution < 1.29 is 19.1 Å². The molecule has 0 fully saturated rings. The van der Waals surface area contributed by atoms with Gasteiger partial charge in [0.15, 0.2) is 0 Å². The van der Waals surface area contributed by atoms with Crippen LogP contribution in [-0.4, -0.2) is 39.3 Å². The zero-order valence-electron chi connectivity index (χ0n) is 21.6. The Balaban J connectivity index is 1.82. The summed E-state index contributed by atoms with van der Waals surface area (Å²) in [5.74, 6) is -0.378. The van der Waals surface area contributed by atoms with E-state index in [4.69, 9.17) is 9.47 Å². The SMILES string of the molecule is CC(C)(C)OC(=O)/C=C/N(CCc1cn(C(=O)OC(C)(C)C)c2ccccc12)Cc1ccccc1. The Hall–Kier alpha value is -3.54. The molecule has 1 aromatic heterocycles. The fourth-order valence-electron chi connectivity index (χ4n) is 3.70. The van der Waals surface area contributed by atoms with Gasteiger partial charge in [0.1, 0.15) is 11.2 Å². The van der Waals surface area contributed by atoms with Gasteiger partial charge in [-0.15, -0.1) is 0 Å². The summed E-state index contributed by atoms with van der Waals surface area (Å²) in [6.07, 6.45) is 5.40. The fraction of sp³-hybridized carbons (Fsp3) is 0.379. The lowest BCUT2D eigenvalue weighted by Gasteiger charge is -2.22. The van der Waals surface area contributed by atoms with Gasteiger partial charge in [0.05, 0.1) is 5.52 Å². The molecule has 0 bridgehead atoms. The van der Waals surface area contributed by atoms with Crippen LogP contribution in [0.3, 0.4) is 0 Å². The predicted octanol–water partition coefficient (Wildman–Crippen LogP) is 6.32. The average Bonchev–Trinajstić information content (AvgIpc) is 3.13. The van der Waals surface area contributed by atoms with Crippen molar-refractivity contribution in [2.75, 3.05) is 6.54 Å². The maximum atomic E-state index is 12.8. The Kier molecular flexibility index (Phi) is 8.05. The van der Waals surface area contributed by atoms with Crippen LogP contribution in [-0.2, 0) is 27.2 Å². The van der Waals surface area contributed by atoms with Gasteiger partial charge >= 0.3 is 12.1 Å². The lowest BCUT2D eigenvalue weighted by atomic mass is 10.1. The standard InChI is InChI=1S/C29H36N2O4/c1-28(2,3)34-26(32)17-19-30(20-22-12-8-7-9-13-22)18-16-23-21-31(27(33)35-29(4,5)6)25-15-11-10-14-24(23)25/h7-15,17,19,21H,16,18,20H2,1-6H3/b19-17+. The van der Waals surface area contributed by atoms with Crippen molar-refractivity contribution in [2.24, 2.45) is 0 Å². The molecule has 0 unspecified atom stereocenters. The molecule has 3 rings (SSSR count). The van der Waals surface area contributed by atoms with E-state index >= 15 is 0 Å². The number of para-hydroxylation sites is 1. The van der Waals surface area contributed by atoms with E-state index < -0.39 is 17.3 Å². The number of hydrogen-bond acceptors (Lipinski definition) is 5. The maximum Gasteiger partial charge on any atom is 0.419 e. The van der Waals surface area contributed by atoms with Crippen LogP contribution >= 0.6 is 0 Å². The van der Waals surface area contributed by atoms with Crippen molar-refractivity contribution in [2.45, 2.75) is 65.7 Å². The molecule has 1 heterocycles. The Morgan fingerprint density at radius 1 is 0.886 bits per heavy atom. The number of carbonyl (C=O) groups is 2. The van der Waals surface area contributed by atoms with Gasteiger partial charge < -0.3 is 14.4 Å². The van der Waals surface area contributed by atoms with Gasteiger partial charge in [0.25, 0.3) is 0 Å². The Labute approximate surface area is 208 Å². The number of rotatable bonds is 7. The molecule has 0 atom stereocenters. The molecule has 0 aliphatic carbocycles. The molecular formula is C29H36N2O4. The lowest BCUT2D eigenvalue weighted by molar-refractivity contribution is -0.148. The first kappa shape index (κ1) is 26.1. The van der Waals surface area contributed by atoms with Crippen molar-refractivity contribution >= 4 is 23.0 Å². The van der Waals surface area contributed by atoms with Crippen molar-refractivity contribution in [1.82, 2.24) is 9.47 Å². The van der Waals surface area contributed by atoms with Gasteiger partial charge in [-0.1, -0.05) is 48.5 Å². The third-order valence-corrected chi connectivity index (χ3v) is 5.11. The number of nitrogens with zero attached hydrogens (tertiary/aromatic N) is 2. The van der Waals surface area contributed by atoms with Gasteiger partial charge in [-0.25, -0.2) is 9.59 Å². The zero-order chi connectivity index (χ0) is 25.6. The van der Waals surface area contributed by atoms with E-state index in [-0.39, 0.29) is 5.97 Å². The largest absolute Gasteiger partial charge is 0.457 e. The van der Waals surface area contributed by atoms with Crippen molar-refractivity contribution in [3.8, 4) is 0 Å². The second kappa shape index (κ2) is 10.8. The third kappa shape index (κ3) is 8.02. The lowest BCUT2D eigenvalue weighted by Crippen LogP contribution is -2.26. The fourth-order valence-corrected chi connectivity index (χ4v) is 3.70. The summed E-state index contributed by atoms with van der Waals surface area (Å²) in [5.41, 5.74) is 1.86. The summed E-state index contributed by atoms with van der Waals surface area (Å²) in [6.45, 7) is 12.4. The highest BCUT2D eigenvalue weighted by Gasteiger charge is 2.21. The highest BCUT2D eigenvalue weighted by Crippen LogP contribution is 2.24. The average molecular weight is 477 g/mol. The highest BCUT2D eigenvalue weighted by atomic mass is 16.6. The van der Waals surface area contributed by atoms with Crippen LogP contribution in [0.1, 0.15) is 52.7 Å². The molecule has 3 aromatic rings. The van der Waals surface area contributed by atoms with Crippen molar-refractivity contribution in [3.05, 3.63) is 84.2 Å². The molecule has 0 spiro atoms. The van der Waals surface area contributed by atoms with Gasteiger partial charge in [-0.3, -0.25) is 4.57 Å². The van der Waals surface area contributed by atoms with Crippen LogP contribution in [0.4, 0.5) is 4.79 Å². The first-order chi connectivity index (χ1) is 16.4. The number of carbonyl (C=O) groups excluding carboxylic acids is 2. The van der Waals surface area contributed by atoms with Crippen LogP contribution in [0.25, 0.3) is 10.9 Å². The number of ether oxygens (including phenoxy) is 2. The first-order valence-corrected chi connectivity index (χ1v) is 11.9. The zero-order valence-corrected chi connectivity index (χ0v) is 21.6. The molecule has 0 aliphatic rings. The summed E-state index contributed by atoms with van der Waals surface area (Å²) in [5, 5.41) is 1.01. The number of aromatic nitrogens is 1. The molecular weight excluding hydrogens is 440 g/mol. The summed E-state index contributed by atoms with van der Waals surface area (Å²) < 4.78 is 12.6. The van der Waals surface area contributed by atoms with Crippen molar-refractivity contribution in [1.29, 1.82) is 0 Å². The maximum absolute atomic E-state index is 12.8. The van der Waals surface area contributed by atoms with Crippen LogP contribution < -0.4 is 0 Å². The minimum absolute atomic E-state index is 0.378. The molecule has 0 saturated heterocycles. The molecule has 0 N–H and O–H groups in total. The van der Waals surface area contributed by atoms with E-state index in [0.717, 1.165) is 22.0 Å². The second-order valence-corrected chi connectivity index (χ2v) is 10.6. The van der Waals surface area contributed by atoms with Gasteiger partial charge in [0, 0.05) is 36.9 Å². The molecule has 0 amide bonds. The van der Waals surface area contributed by atoms with E-state index in [9.17, 15) is 9.59 Å². The molecule has 6 heteroatoms. The molecule has 0 radical (unpaired) electrons. The Morgan fingerprint density at radius 2 is 1.51 bits per heavy atom. The summed E-state index contributed by atoms with van der Waals surface area (Å²) in [7, 11) is 0. The second-order valence-electron chi connectivity index (χ2n) is 10.6. The normalized spacial score (nSPS) is 12.2. The summed E-state index contributed by atoms with van der Waals surface area (Å²) in [4.78, 5) is 27.2. The van der Waals surface area contributed by atoms with Crippen LogP contribution in [0.5, 0.6) is 0 Å². The molecule has 35 heavy (non-hydrogen) atoms. The minimum Gasteiger partial charge on any atom is -0.457 e. The number of hydrogen-bond donors (Lipinski definition) is 0. The first-order valence-electron chi connectivity index (χ1n) is 11.9. The molecule has 0 saturated carbocycles. The Bertz CT molecular complexity index is 1180. The van der Waals surface area contributed by atoms with E-state index in [0.29, 0.717) is 19.5 Å². The quantitative estimate of drug-likeness (QED) is 0.295. The summed E-state index contributed by atoms with van der Waals surface area (Å²) >= 11 is 0. The molecule has 0 aliphatic heterocycles. The van der Waals surface area contributed by atoms with E-state index in [1.165, 1.54) is 6.08 Å². The highest BCUT2D eigenvalue weighted by molar-refractivity contribution is 5.92. The number of esters is 1. The van der Waals surface area contributed by atoms with Crippen LogP contribution in [0.15, 0.2) is 73.1 Å². The van der Waals surface area contributed by atoms with Crippen molar-refractivity contribution in [3.63, 3.8) is 0 Å². The minimum atomic E-state index is -0.582. The molecule has 2 aromatic carbocycles. The van der Waals surface area contributed by atoms with Crippen LogP contribution in [0.2, 0.25) is 0 Å². The monoisotopic (exact) mass is 476 g/mol. The van der Waals surface area contributed by atoms with E-state index in [2.05, 4.69) is 17.0 Å². The molecule has 6 nitrogen and oxygen atoms in total. The smallest absolute Gasteiger partial charge is 0.419 e. The number of fused-ring (bicyclic) bond motifs is 1. The third-order valence-electron chi connectivity index (χ3n) is 5.11. The van der Waals surface area contributed by atoms with Gasteiger partial charge in [-0.2, -0.15) is 0 Å². The van der Waals surface area contributed by atoms with Gasteiger partial charge in [0.2, 0.25) is 0 Å². The Morgan fingerprint density at radius 3 is 2.17 bits per heavy atom. The van der Waals surface area contributed by atoms with Gasteiger partial charge in [-0.05, 0) is 65.2 Å². The summed E-state index contributed by atoms with van der Waals surface area (Å²) in [6, 6.07) is 17.9. The topological polar surface area (TPSA) is 60.8 Å². The van der Waals surface area contributed by atoms with E-state index in [1.807, 2.05) is 90.2 Å². The number of benzene rings is 2. The molecule has 186 valence electrons. The van der Waals surface area contributed by atoms with Crippen LogP contribution in [0, 0.1) is 0 Å².